The Bertz CT molecular complexity index is 516. The van der Waals surface area contributed by atoms with E-state index < -0.39 is 29.4 Å². The van der Waals surface area contributed by atoms with Crippen LogP contribution in [0.5, 0.6) is 0 Å². The van der Waals surface area contributed by atoms with E-state index in [0.717, 1.165) is 12.8 Å². The normalized spacial score (nSPS) is 26.9. The lowest BCUT2D eigenvalue weighted by molar-refractivity contribution is -0.152. The summed E-state index contributed by atoms with van der Waals surface area (Å²) < 4.78 is 0. The molecule has 1 amide bonds. The van der Waals surface area contributed by atoms with Crippen LogP contribution in [0.3, 0.4) is 0 Å². The number of carbonyl (C=O) groups is 2. The van der Waals surface area contributed by atoms with Gasteiger partial charge in [0.2, 0.25) is 0 Å². The molecular weight excluding hydrogens is 270 g/mol. The summed E-state index contributed by atoms with van der Waals surface area (Å²) in [4.78, 5) is 23.7. The van der Waals surface area contributed by atoms with Crippen LogP contribution in [-0.2, 0) is 9.59 Å². The van der Waals surface area contributed by atoms with Gasteiger partial charge in [0.1, 0.15) is 0 Å². The maximum atomic E-state index is 12.2. The van der Waals surface area contributed by atoms with E-state index in [2.05, 4.69) is 5.32 Å². The molecule has 21 heavy (non-hydrogen) atoms. The van der Waals surface area contributed by atoms with E-state index in [4.69, 9.17) is 0 Å². The minimum absolute atomic E-state index is 0.449. The third-order valence-corrected chi connectivity index (χ3v) is 4.38. The van der Waals surface area contributed by atoms with Crippen LogP contribution in [0, 0.1) is 5.41 Å². The summed E-state index contributed by atoms with van der Waals surface area (Å²) in [7, 11) is 0. The van der Waals surface area contributed by atoms with Crippen LogP contribution in [0.25, 0.3) is 0 Å². The van der Waals surface area contributed by atoms with E-state index >= 15 is 0 Å². The van der Waals surface area contributed by atoms with Gasteiger partial charge in [-0.15, -0.1) is 0 Å². The van der Waals surface area contributed by atoms with Gasteiger partial charge < -0.3 is 15.5 Å². The monoisotopic (exact) mass is 291 g/mol. The first-order chi connectivity index (χ1) is 9.95. The second-order valence-electron chi connectivity index (χ2n) is 5.84. The Hall–Kier alpha value is -1.88. The molecule has 3 N–H and O–H groups in total. The van der Waals surface area contributed by atoms with E-state index in [-0.39, 0.29) is 0 Å². The van der Waals surface area contributed by atoms with Crippen LogP contribution in [-0.4, -0.2) is 28.1 Å². The molecule has 1 aromatic rings. The number of carboxylic acids is 1. The van der Waals surface area contributed by atoms with Crippen molar-refractivity contribution >= 4 is 11.9 Å². The van der Waals surface area contributed by atoms with Gasteiger partial charge in [-0.1, -0.05) is 43.2 Å². The van der Waals surface area contributed by atoms with Gasteiger partial charge in [-0.3, -0.25) is 9.59 Å². The number of aliphatic carboxylic acids is 1. The first kappa shape index (κ1) is 15.5. The van der Waals surface area contributed by atoms with Crippen molar-refractivity contribution in [3.63, 3.8) is 0 Å². The van der Waals surface area contributed by atoms with Crippen LogP contribution in [0.1, 0.15) is 44.3 Å². The van der Waals surface area contributed by atoms with Gasteiger partial charge >= 0.3 is 5.97 Å². The van der Waals surface area contributed by atoms with Crippen molar-refractivity contribution in [1.82, 2.24) is 5.32 Å². The molecule has 0 radical (unpaired) electrons. The highest BCUT2D eigenvalue weighted by atomic mass is 16.4. The number of hydrogen-bond donors (Lipinski definition) is 3. The number of carboxylic acid groups (broad SMARTS) is 1. The average Bonchev–Trinajstić information content (AvgIpc) is 2.49. The highest BCUT2D eigenvalue weighted by Crippen LogP contribution is 2.36. The van der Waals surface area contributed by atoms with Crippen LogP contribution >= 0.6 is 0 Å². The Kier molecular flexibility index (Phi) is 4.63. The molecule has 0 aliphatic heterocycles. The van der Waals surface area contributed by atoms with E-state index in [1.807, 2.05) is 0 Å². The zero-order chi connectivity index (χ0) is 15.5. The second kappa shape index (κ2) is 6.26. The minimum Gasteiger partial charge on any atom is -0.481 e. The number of amides is 1. The fraction of sp³-hybridized carbons (Fsp3) is 0.500. The predicted molar refractivity (Wildman–Crippen MR) is 77.5 cm³/mol. The second-order valence-corrected chi connectivity index (χ2v) is 5.84. The molecule has 2 rings (SSSR count). The van der Waals surface area contributed by atoms with Crippen LogP contribution in [0.2, 0.25) is 0 Å². The summed E-state index contributed by atoms with van der Waals surface area (Å²) in [6.45, 7) is 1.66. The number of benzene rings is 1. The molecule has 0 spiro atoms. The number of rotatable bonds is 4. The molecule has 3 unspecified atom stereocenters. The first-order valence-electron chi connectivity index (χ1n) is 7.22. The van der Waals surface area contributed by atoms with Crippen molar-refractivity contribution in [1.29, 1.82) is 0 Å². The van der Waals surface area contributed by atoms with E-state index in [9.17, 15) is 19.8 Å². The lowest BCUT2D eigenvalue weighted by Gasteiger charge is -2.38. The molecule has 0 heterocycles. The summed E-state index contributed by atoms with van der Waals surface area (Å²) >= 11 is 0. The smallest absolute Gasteiger partial charge is 0.311 e. The fourth-order valence-corrected chi connectivity index (χ4v) is 2.86. The van der Waals surface area contributed by atoms with Crippen molar-refractivity contribution in [2.75, 3.05) is 0 Å². The standard InChI is InChI=1S/C16H21NO4/c1-16(15(20)21)10-6-5-9-12(16)17-14(19)13(18)11-7-3-2-4-8-11/h2-4,7-8,12-13,18H,5-6,9-10H2,1H3,(H,17,19)(H,20,21). The third-order valence-electron chi connectivity index (χ3n) is 4.38. The number of carbonyl (C=O) groups excluding carboxylic acids is 1. The SMILES string of the molecule is CC1(C(=O)O)CCCCC1NC(=O)C(O)c1ccccc1. The van der Waals surface area contributed by atoms with Gasteiger partial charge in [0.05, 0.1) is 5.41 Å². The van der Waals surface area contributed by atoms with Crippen LogP contribution in [0.4, 0.5) is 0 Å². The van der Waals surface area contributed by atoms with Gasteiger partial charge in [0.25, 0.3) is 5.91 Å². The Balaban J connectivity index is 2.09. The lowest BCUT2D eigenvalue weighted by atomic mass is 9.71. The molecule has 1 aliphatic carbocycles. The highest BCUT2D eigenvalue weighted by Gasteiger charge is 2.44. The molecule has 1 aromatic carbocycles. The third kappa shape index (κ3) is 3.24. The predicted octanol–water partition coefficient (Wildman–Crippen LogP) is 1.87. The highest BCUT2D eigenvalue weighted by molar-refractivity contribution is 5.83. The van der Waals surface area contributed by atoms with Crippen molar-refractivity contribution in [3.05, 3.63) is 35.9 Å². The average molecular weight is 291 g/mol. The van der Waals surface area contributed by atoms with Gasteiger partial charge in [-0.05, 0) is 25.3 Å². The number of aliphatic hydroxyl groups excluding tert-OH is 1. The largest absolute Gasteiger partial charge is 0.481 e. The van der Waals surface area contributed by atoms with Gasteiger partial charge in [-0.25, -0.2) is 0 Å². The van der Waals surface area contributed by atoms with Gasteiger partial charge in [0, 0.05) is 6.04 Å². The molecule has 1 saturated carbocycles. The Morgan fingerprint density at radius 2 is 1.95 bits per heavy atom. The molecule has 0 aromatic heterocycles. The summed E-state index contributed by atoms with van der Waals surface area (Å²) in [6.07, 6.45) is 1.61. The maximum Gasteiger partial charge on any atom is 0.311 e. The molecule has 5 nitrogen and oxygen atoms in total. The maximum absolute atomic E-state index is 12.2. The first-order valence-corrected chi connectivity index (χ1v) is 7.22. The Morgan fingerprint density at radius 3 is 2.57 bits per heavy atom. The zero-order valence-electron chi connectivity index (χ0n) is 12.1. The van der Waals surface area contributed by atoms with E-state index in [1.165, 1.54) is 0 Å². The molecule has 1 aliphatic rings. The molecule has 3 atom stereocenters. The molecular formula is C16H21NO4. The number of hydrogen-bond acceptors (Lipinski definition) is 3. The summed E-state index contributed by atoms with van der Waals surface area (Å²) in [5, 5.41) is 22.2. The number of aliphatic hydroxyl groups is 1. The van der Waals surface area contributed by atoms with Crippen LogP contribution < -0.4 is 5.32 Å². The summed E-state index contributed by atoms with van der Waals surface area (Å²) in [6, 6.07) is 8.18. The van der Waals surface area contributed by atoms with Crippen LogP contribution in [0.15, 0.2) is 30.3 Å². The molecule has 0 saturated heterocycles. The Labute approximate surface area is 124 Å². The zero-order valence-corrected chi connectivity index (χ0v) is 12.1. The van der Waals surface area contributed by atoms with E-state index in [0.29, 0.717) is 18.4 Å². The van der Waals surface area contributed by atoms with E-state index in [1.54, 1.807) is 37.3 Å². The Morgan fingerprint density at radius 1 is 1.29 bits per heavy atom. The number of nitrogens with one attached hydrogen (secondary N) is 1. The van der Waals surface area contributed by atoms with Crippen molar-refractivity contribution in [2.45, 2.75) is 44.8 Å². The van der Waals surface area contributed by atoms with Crippen molar-refractivity contribution < 1.29 is 19.8 Å². The van der Waals surface area contributed by atoms with Gasteiger partial charge in [-0.2, -0.15) is 0 Å². The van der Waals surface area contributed by atoms with Crippen molar-refractivity contribution in [2.24, 2.45) is 5.41 Å². The molecule has 5 heteroatoms. The quantitative estimate of drug-likeness (QED) is 0.790. The fourth-order valence-electron chi connectivity index (χ4n) is 2.86. The molecule has 1 fully saturated rings. The summed E-state index contributed by atoms with van der Waals surface area (Å²) in [5.74, 6) is -1.44. The topological polar surface area (TPSA) is 86.6 Å². The van der Waals surface area contributed by atoms with Crippen molar-refractivity contribution in [3.8, 4) is 0 Å². The lowest BCUT2D eigenvalue weighted by Crippen LogP contribution is -2.53. The van der Waals surface area contributed by atoms with Gasteiger partial charge in [0.15, 0.2) is 6.10 Å². The molecule has 0 bridgehead atoms. The molecule has 114 valence electrons. The summed E-state index contributed by atoms with van der Waals surface area (Å²) in [5.41, 5.74) is -0.465. The minimum atomic E-state index is -1.27.